The third-order valence-electron chi connectivity index (χ3n) is 3.77. The second-order valence-corrected chi connectivity index (χ2v) is 5.98. The number of nitrogens with one attached hydrogen (secondary N) is 1. The maximum absolute atomic E-state index is 12.4. The molecule has 1 unspecified atom stereocenters. The maximum atomic E-state index is 12.4. The summed E-state index contributed by atoms with van der Waals surface area (Å²) in [4.78, 5) is 14.4. The molecule has 1 aliphatic rings. The third-order valence-corrected chi connectivity index (χ3v) is 4.11. The molecule has 3 heterocycles. The lowest BCUT2D eigenvalue weighted by atomic mass is 10.2. The van der Waals surface area contributed by atoms with Crippen molar-refractivity contribution in [3.05, 3.63) is 34.9 Å². The number of fused-ring (bicyclic) bond motifs is 1. The number of aromatic nitrogens is 2. The zero-order valence-corrected chi connectivity index (χ0v) is 13.8. The van der Waals surface area contributed by atoms with Gasteiger partial charge in [-0.1, -0.05) is 11.6 Å². The Hall–Kier alpha value is -1.99. The molecule has 1 N–H and O–H groups in total. The van der Waals surface area contributed by atoms with Crippen LogP contribution in [0.15, 0.2) is 22.8 Å². The zero-order valence-electron chi connectivity index (χ0n) is 13.1. The molecule has 8 heteroatoms. The van der Waals surface area contributed by atoms with Gasteiger partial charge in [-0.2, -0.15) is 5.10 Å². The van der Waals surface area contributed by atoms with Gasteiger partial charge in [-0.25, -0.2) is 4.68 Å². The van der Waals surface area contributed by atoms with E-state index in [0.717, 1.165) is 12.2 Å². The average molecular weight is 339 g/mol. The number of carbonyl (C=O) groups is 1. The van der Waals surface area contributed by atoms with Crippen molar-refractivity contribution in [1.29, 1.82) is 0 Å². The molecule has 7 nitrogen and oxygen atoms in total. The van der Waals surface area contributed by atoms with E-state index in [0.29, 0.717) is 25.6 Å². The molecule has 0 aromatic carbocycles. The monoisotopic (exact) mass is 338 g/mol. The second-order valence-electron chi connectivity index (χ2n) is 5.60. The van der Waals surface area contributed by atoms with Crippen LogP contribution >= 0.6 is 11.6 Å². The summed E-state index contributed by atoms with van der Waals surface area (Å²) in [6.07, 6.45) is 2.47. The van der Waals surface area contributed by atoms with Crippen LogP contribution in [0.4, 0.5) is 0 Å². The topological polar surface area (TPSA) is 72.5 Å². The zero-order chi connectivity index (χ0) is 16.4. The third kappa shape index (κ3) is 3.20. The van der Waals surface area contributed by atoms with Crippen LogP contribution in [0.3, 0.4) is 0 Å². The number of rotatable bonds is 5. The van der Waals surface area contributed by atoms with E-state index in [1.165, 1.54) is 0 Å². The van der Waals surface area contributed by atoms with Crippen molar-refractivity contribution in [2.24, 2.45) is 0 Å². The number of likely N-dealkylation sites (N-methyl/N-ethyl adjacent to an activating group) is 1. The number of hydrogen-bond donors (Lipinski definition) is 1. The van der Waals surface area contributed by atoms with Crippen molar-refractivity contribution in [1.82, 2.24) is 20.0 Å². The summed E-state index contributed by atoms with van der Waals surface area (Å²) in [5.74, 6) is 0.936. The highest BCUT2D eigenvalue weighted by atomic mass is 35.5. The Balaban J connectivity index is 1.71. The molecule has 2 aromatic rings. The summed E-state index contributed by atoms with van der Waals surface area (Å²) in [5, 5.41) is 7.37. The average Bonchev–Trinajstić information content (AvgIpc) is 3.16. The number of aryl methyl sites for hydroxylation is 1. The molecule has 0 saturated carbocycles. The molecule has 0 bridgehead atoms. The quantitative estimate of drug-likeness (QED) is 0.902. The van der Waals surface area contributed by atoms with Gasteiger partial charge in [0.15, 0.2) is 5.69 Å². The second kappa shape index (κ2) is 6.64. The summed E-state index contributed by atoms with van der Waals surface area (Å²) in [5.41, 5.74) is 0.195. The molecule has 23 heavy (non-hydrogen) atoms. The van der Waals surface area contributed by atoms with E-state index >= 15 is 0 Å². The number of ether oxygens (including phenoxy) is 1. The number of furan rings is 1. The number of halogens is 1. The molecule has 0 aliphatic carbocycles. The molecule has 1 aliphatic heterocycles. The molecule has 0 fully saturated rings. The lowest BCUT2D eigenvalue weighted by Gasteiger charge is -2.22. The van der Waals surface area contributed by atoms with Crippen molar-refractivity contribution in [2.45, 2.75) is 19.0 Å². The number of nitrogens with zero attached hydrogens (tertiary/aromatic N) is 3. The molecule has 124 valence electrons. The molecule has 0 saturated heterocycles. The predicted octanol–water partition coefficient (Wildman–Crippen LogP) is 1.94. The highest BCUT2D eigenvalue weighted by Crippen LogP contribution is 2.30. The maximum Gasteiger partial charge on any atom is 0.273 e. The van der Waals surface area contributed by atoms with Crippen LogP contribution in [-0.4, -0.2) is 47.8 Å². The van der Waals surface area contributed by atoms with Crippen LogP contribution in [0, 0.1) is 0 Å². The van der Waals surface area contributed by atoms with Crippen molar-refractivity contribution in [2.75, 3.05) is 27.2 Å². The first kappa shape index (κ1) is 15.9. The van der Waals surface area contributed by atoms with Gasteiger partial charge >= 0.3 is 0 Å². The summed E-state index contributed by atoms with van der Waals surface area (Å²) < 4.78 is 12.5. The van der Waals surface area contributed by atoms with E-state index in [2.05, 4.69) is 10.4 Å². The Kier molecular flexibility index (Phi) is 4.58. The highest BCUT2D eigenvalue weighted by molar-refractivity contribution is 6.34. The van der Waals surface area contributed by atoms with Crippen LogP contribution in [0.1, 0.15) is 28.7 Å². The lowest BCUT2D eigenvalue weighted by molar-refractivity contribution is 0.0933. The SMILES string of the molecule is CN(C)C(CNC(=O)c1nn2c(c1Cl)OCCC2)c1ccco1. The van der Waals surface area contributed by atoms with E-state index in [1.54, 1.807) is 10.9 Å². The first-order valence-electron chi connectivity index (χ1n) is 7.45. The van der Waals surface area contributed by atoms with E-state index in [-0.39, 0.29) is 22.7 Å². The fraction of sp³-hybridized carbons (Fsp3) is 0.467. The molecule has 0 spiro atoms. The molecule has 1 atom stereocenters. The van der Waals surface area contributed by atoms with E-state index in [9.17, 15) is 4.79 Å². The standard InChI is InChI=1S/C15H19ClN4O3/c1-19(2)10(11-5-3-7-22-11)9-17-14(21)13-12(16)15-20(18-13)6-4-8-23-15/h3,5,7,10H,4,6,8-9H2,1-2H3,(H,17,21). The van der Waals surface area contributed by atoms with E-state index < -0.39 is 0 Å². The molecule has 3 rings (SSSR count). The Morgan fingerprint density at radius 2 is 2.39 bits per heavy atom. The largest absolute Gasteiger partial charge is 0.477 e. The minimum atomic E-state index is -0.320. The summed E-state index contributed by atoms with van der Waals surface area (Å²) >= 11 is 6.22. The van der Waals surface area contributed by atoms with Crippen LogP contribution in [0.25, 0.3) is 0 Å². The first-order valence-corrected chi connectivity index (χ1v) is 7.83. The Morgan fingerprint density at radius 3 is 3.04 bits per heavy atom. The number of amides is 1. The molecule has 0 radical (unpaired) electrons. The normalized spacial score (nSPS) is 15.1. The van der Waals surface area contributed by atoms with Crippen molar-refractivity contribution in [3.8, 4) is 5.88 Å². The van der Waals surface area contributed by atoms with Crippen molar-refractivity contribution >= 4 is 17.5 Å². The minimum Gasteiger partial charge on any atom is -0.477 e. The van der Waals surface area contributed by atoms with Gasteiger partial charge in [0.25, 0.3) is 5.91 Å². The predicted molar refractivity (Wildman–Crippen MR) is 84.8 cm³/mol. The van der Waals surface area contributed by atoms with Gasteiger partial charge in [-0.3, -0.25) is 9.69 Å². The van der Waals surface area contributed by atoms with Crippen molar-refractivity contribution < 1.29 is 13.9 Å². The molecule has 2 aromatic heterocycles. The van der Waals surface area contributed by atoms with Gasteiger partial charge in [0.2, 0.25) is 5.88 Å². The summed E-state index contributed by atoms with van der Waals surface area (Å²) in [6.45, 7) is 1.68. The van der Waals surface area contributed by atoms with Crippen molar-refractivity contribution in [3.63, 3.8) is 0 Å². The summed E-state index contributed by atoms with van der Waals surface area (Å²) in [7, 11) is 3.85. The highest BCUT2D eigenvalue weighted by Gasteiger charge is 2.26. The van der Waals surface area contributed by atoms with Crippen LogP contribution < -0.4 is 10.1 Å². The van der Waals surface area contributed by atoms with Crippen LogP contribution in [0.2, 0.25) is 5.02 Å². The first-order chi connectivity index (χ1) is 11.1. The fourth-order valence-electron chi connectivity index (χ4n) is 2.53. The molecular formula is C15H19ClN4O3. The van der Waals surface area contributed by atoms with Crippen LogP contribution in [-0.2, 0) is 6.54 Å². The lowest BCUT2D eigenvalue weighted by Crippen LogP contribution is -2.34. The molecule has 1 amide bonds. The summed E-state index contributed by atoms with van der Waals surface area (Å²) in [6, 6.07) is 3.64. The van der Waals surface area contributed by atoms with Crippen LogP contribution in [0.5, 0.6) is 5.88 Å². The van der Waals surface area contributed by atoms with Gasteiger partial charge < -0.3 is 14.5 Å². The van der Waals surface area contributed by atoms with Gasteiger partial charge in [0.05, 0.1) is 18.9 Å². The van der Waals surface area contributed by atoms with Gasteiger partial charge in [-0.15, -0.1) is 0 Å². The van der Waals surface area contributed by atoms with Gasteiger partial charge in [0.1, 0.15) is 10.8 Å². The Labute approximate surface area is 139 Å². The Morgan fingerprint density at radius 1 is 1.57 bits per heavy atom. The van der Waals surface area contributed by atoms with E-state index in [1.807, 2.05) is 31.1 Å². The number of carbonyl (C=O) groups excluding carboxylic acids is 1. The fourth-order valence-corrected chi connectivity index (χ4v) is 2.81. The van der Waals surface area contributed by atoms with Gasteiger partial charge in [-0.05, 0) is 26.2 Å². The minimum absolute atomic E-state index is 0.0683. The Bertz CT molecular complexity index is 681. The van der Waals surface area contributed by atoms with E-state index in [4.69, 9.17) is 20.8 Å². The number of hydrogen-bond acceptors (Lipinski definition) is 5. The van der Waals surface area contributed by atoms with Gasteiger partial charge in [0, 0.05) is 19.5 Å². The molecular weight excluding hydrogens is 320 g/mol. The smallest absolute Gasteiger partial charge is 0.273 e.